The summed E-state index contributed by atoms with van der Waals surface area (Å²) < 4.78 is 9.26. The van der Waals surface area contributed by atoms with Crippen LogP contribution in [0.3, 0.4) is 0 Å². The predicted octanol–water partition coefficient (Wildman–Crippen LogP) is -17.0. The molecule has 5 nitrogen and oxygen atoms in total. The van der Waals surface area contributed by atoms with Crippen LogP contribution in [0, 0.1) is 0 Å². The molecule has 11 rings (SSSR count). The lowest BCUT2D eigenvalue weighted by molar-refractivity contribution is 0.666. The van der Waals surface area contributed by atoms with E-state index < -0.39 is 0 Å². The highest BCUT2D eigenvalue weighted by Crippen LogP contribution is 2.36. The fourth-order valence-electron chi connectivity index (χ4n) is 10.4. The minimum Gasteiger partial charge on any atom is -0.452 e. The molecule has 4 aromatic heterocycles. The number of nitrogens with zero attached hydrogens (tertiary/aromatic N) is 4. The topological polar surface area (TPSA) is 48.8 Å². The number of benzene rings is 7. The van der Waals surface area contributed by atoms with Crippen LogP contribution >= 0.6 is 0 Å². The molecule has 0 fully saturated rings. The maximum atomic E-state index is 7.41. The lowest BCUT2D eigenvalue weighted by Gasteiger charge is -2.26. The van der Waals surface area contributed by atoms with E-state index in [1.807, 2.05) is 0 Å². The SMILES string of the molecule is [B]c1c([B])c([B])c(-c2nc(-n3c4c([B])c([B])c([B])c([B])c4c4c([B])c(-c5c([B])c([B])c6c(c5[B])c5c([B])c([B])c([B])c([B])c5n6-c5c([B])c([B])c([B])c([B])c5[B])c([B])c([B])c43)nc3c2oc2ccccc23)c([B])c1[B]. The fourth-order valence-corrected chi connectivity index (χ4v) is 10.4. The van der Waals surface area contributed by atoms with Crippen molar-refractivity contribution in [3.05, 3.63) is 24.3 Å². The van der Waals surface area contributed by atoms with Gasteiger partial charge in [-0.1, -0.05) is 88.6 Å². The van der Waals surface area contributed by atoms with Crippen molar-refractivity contribution in [2.75, 3.05) is 0 Å². The molecule has 0 aliphatic carbocycles. The van der Waals surface area contributed by atoms with Crippen LogP contribution in [-0.2, 0) is 0 Å². The van der Waals surface area contributed by atoms with Crippen LogP contribution in [0.4, 0.5) is 0 Å². The summed E-state index contributed by atoms with van der Waals surface area (Å²) in [5, 5.41) is 0.975. The number of hydrogen-bond acceptors (Lipinski definition) is 3. The molecule has 7 aromatic carbocycles. The molecule has 0 spiro atoms. The summed E-state index contributed by atoms with van der Waals surface area (Å²) in [5.41, 5.74) is -1.60. The van der Waals surface area contributed by atoms with Gasteiger partial charge in [-0.25, -0.2) is 9.97 Å². The van der Waals surface area contributed by atoms with Gasteiger partial charge >= 0.3 is 0 Å². The molecule has 0 unspecified atom stereocenters. The number of para-hydroxylation sites is 1. The molecule has 0 aliphatic heterocycles. The third-order valence-electron chi connectivity index (χ3n) is 14.3. The number of hydrogen-bond donors (Lipinski definition) is 0. The maximum absolute atomic E-state index is 7.41. The molecule has 0 saturated heterocycles. The van der Waals surface area contributed by atoms with Crippen LogP contribution in [0.1, 0.15) is 0 Å². The van der Waals surface area contributed by atoms with Crippen molar-refractivity contribution >= 4 is 385 Å². The normalized spacial score (nSPS) is 11.9. The lowest BCUT2D eigenvalue weighted by Crippen LogP contribution is -2.56. The Morgan fingerprint density at radius 1 is 0.307 bits per heavy atom. The van der Waals surface area contributed by atoms with Gasteiger partial charge in [0.15, 0.2) is 5.58 Å². The Morgan fingerprint density at radius 3 is 1.09 bits per heavy atom. The molecule has 75 heavy (non-hydrogen) atoms. The molecular weight excluding hydrogens is 884 g/mol. The second kappa shape index (κ2) is 17.6. The van der Waals surface area contributed by atoms with E-state index in [4.69, 9.17) is 203 Å². The number of aromatic nitrogens is 4. The summed E-state index contributed by atoms with van der Waals surface area (Å²) in [6, 6.07) is 7.05. The molecule has 286 valence electrons. The molecule has 0 aliphatic rings. The van der Waals surface area contributed by atoms with Gasteiger partial charge in [0.1, 0.15) is 205 Å². The Bertz CT molecular complexity index is 4480. The van der Waals surface area contributed by atoms with E-state index in [0.29, 0.717) is 11.0 Å². The van der Waals surface area contributed by atoms with E-state index in [1.165, 1.54) is 9.13 Å². The summed E-state index contributed by atoms with van der Waals surface area (Å²) >= 11 is 0. The zero-order chi connectivity index (χ0) is 54.4. The van der Waals surface area contributed by atoms with Crippen molar-refractivity contribution in [3.63, 3.8) is 0 Å². The van der Waals surface area contributed by atoms with E-state index in [2.05, 4.69) is 0 Å². The van der Waals surface area contributed by atoms with Crippen LogP contribution < -0.4 is 131 Å². The molecule has 11 aromatic rings. The standard InChI is InChI=1S/C46H4B24N4O/c47-14-7(16(49)32(65)40-9(14)11-18(51)22(55)28(61)34(67)41(11)73(40)44-36(69)30(63)27(60)31(64)37(44)70)8-15(48)10-12-19(52)23(56)29(62)35(68)43(12)74(42(10)33(66)17(8)50)46-71-38-5-3-1-2-4-6(5)75-45(38)39(72-46)13-20(53)24(57)26(59)25(58)21(13)54/h1-4H. The van der Waals surface area contributed by atoms with Gasteiger partial charge in [0.05, 0.1) is 0 Å². The second-order valence-corrected chi connectivity index (χ2v) is 18.1. The van der Waals surface area contributed by atoms with Crippen molar-refractivity contribution in [2.24, 2.45) is 0 Å². The smallest absolute Gasteiger partial charge is 0.236 e. The summed E-state index contributed by atoms with van der Waals surface area (Å²) in [6.07, 6.45) is 0. The average molecular weight is 888 g/mol. The van der Waals surface area contributed by atoms with Crippen LogP contribution in [-0.4, -0.2) is 207 Å². The van der Waals surface area contributed by atoms with Crippen LogP contribution in [0.15, 0.2) is 28.7 Å². The summed E-state index contributed by atoms with van der Waals surface area (Å²) in [6.45, 7) is 0. The monoisotopic (exact) mass is 892 g/mol. The molecule has 29 heteroatoms. The van der Waals surface area contributed by atoms with Crippen molar-refractivity contribution in [2.45, 2.75) is 0 Å². The Labute approximate surface area is 463 Å². The first-order chi connectivity index (χ1) is 35.3. The van der Waals surface area contributed by atoms with Crippen molar-refractivity contribution in [3.8, 4) is 34.0 Å². The highest BCUT2D eigenvalue weighted by Gasteiger charge is 2.31. The Morgan fingerprint density at radius 2 is 0.640 bits per heavy atom. The van der Waals surface area contributed by atoms with Crippen molar-refractivity contribution < 1.29 is 4.42 Å². The minimum absolute atomic E-state index is 0.0177. The van der Waals surface area contributed by atoms with E-state index in [-0.39, 0.29) is 220 Å². The summed E-state index contributed by atoms with van der Waals surface area (Å²) in [7, 11) is 162. The van der Waals surface area contributed by atoms with Crippen molar-refractivity contribution in [1.82, 2.24) is 19.1 Å². The number of fused-ring (bicyclic) bond motifs is 9. The van der Waals surface area contributed by atoms with Gasteiger partial charge in [-0.05, 0) is 39.6 Å². The second-order valence-electron chi connectivity index (χ2n) is 18.1. The molecular formula is C46H4B24N4O. The highest BCUT2D eigenvalue weighted by atomic mass is 16.3. The largest absolute Gasteiger partial charge is 0.452 e. The molecule has 4 heterocycles. The first-order valence-electron chi connectivity index (χ1n) is 22.1. The first kappa shape index (κ1) is 51.7. The van der Waals surface area contributed by atoms with Crippen LogP contribution in [0.2, 0.25) is 0 Å². The van der Waals surface area contributed by atoms with E-state index in [9.17, 15) is 0 Å². The Kier molecular flexibility index (Phi) is 12.1. The summed E-state index contributed by atoms with van der Waals surface area (Å²) in [4.78, 5) is 10.1. The van der Waals surface area contributed by atoms with Gasteiger partial charge in [0.2, 0.25) is 5.95 Å². The molecule has 0 saturated carbocycles. The first-order valence-corrected chi connectivity index (χ1v) is 22.1. The van der Waals surface area contributed by atoms with Crippen molar-refractivity contribution in [1.29, 1.82) is 0 Å². The number of furan rings is 1. The molecule has 0 N–H and O–H groups in total. The van der Waals surface area contributed by atoms with Gasteiger partial charge in [-0.2, -0.15) is 0 Å². The summed E-state index contributed by atoms with van der Waals surface area (Å²) in [5.74, 6) is -0.143. The maximum Gasteiger partial charge on any atom is 0.236 e. The Balaban J connectivity index is 1.33. The molecule has 48 radical (unpaired) electrons. The van der Waals surface area contributed by atoms with Gasteiger partial charge < -0.3 is 8.98 Å². The zero-order valence-corrected chi connectivity index (χ0v) is 39.4. The van der Waals surface area contributed by atoms with E-state index >= 15 is 0 Å². The third-order valence-corrected chi connectivity index (χ3v) is 14.3. The highest BCUT2D eigenvalue weighted by molar-refractivity contribution is 6.74. The minimum atomic E-state index is -0.200. The van der Waals surface area contributed by atoms with Gasteiger partial charge in [-0.3, -0.25) is 4.57 Å². The third kappa shape index (κ3) is 6.66. The van der Waals surface area contributed by atoms with Gasteiger partial charge in [0, 0.05) is 43.9 Å². The quantitative estimate of drug-likeness (QED) is 0.165. The number of rotatable bonds is 4. The van der Waals surface area contributed by atoms with Gasteiger partial charge in [-0.15, -0.1) is 54.6 Å². The Hall–Kier alpha value is -5.42. The van der Waals surface area contributed by atoms with Crippen LogP contribution in [0.25, 0.3) is 99.7 Å². The molecule has 0 bridgehead atoms. The van der Waals surface area contributed by atoms with E-state index in [0.717, 1.165) is 0 Å². The zero-order valence-electron chi connectivity index (χ0n) is 39.4. The molecule has 0 atom stereocenters. The average Bonchev–Trinajstić information content (AvgIpc) is 4.14. The molecule has 0 amide bonds. The van der Waals surface area contributed by atoms with E-state index in [1.54, 1.807) is 24.3 Å². The fraction of sp³-hybridized carbons (Fsp3) is 0. The van der Waals surface area contributed by atoms with Crippen LogP contribution in [0.5, 0.6) is 0 Å². The lowest BCUT2D eigenvalue weighted by atomic mass is 9.60. The van der Waals surface area contributed by atoms with Gasteiger partial charge in [0.25, 0.3) is 0 Å². The predicted molar refractivity (Wildman–Crippen MR) is 338 cm³/mol.